The number of carboxylic acid groups (broad SMARTS) is 1. The van der Waals surface area contributed by atoms with Gasteiger partial charge in [0.1, 0.15) is 11.0 Å². The number of unbranched alkanes of at least 4 members (excludes halogenated alkanes) is 3. The summed E-state index contributed by atoms with van der Waals surface area (Å²) in [5.74, 6) is -1.52. The van der Waals surface area contributed by atoms with Crippen LogP contribution in [0.3, 0.4) is 0 Å². The second kappa shape index (κ2) is 8.65. The van der Waals surface area contributed by atoms with Gasteiger partial charge in [-0.05, 0) is 51.5 Å². The number of carbonyl (C=O) groups is 2. The van der Waals surface area contributed by atoms with Gasteiger partial charge in [-0.2, -0.15) is 0 Å². The summed E-state index contributed by atoms with van der Waals surface area (Å²) in [6.07, 6.45) is 5.00. The second-order valence-corrected chi connectivity index (χ2v) is 10.2. The van der Waals surface area contributed by atoms with E-state index >= 15 is 0 Å². The molecule has 150 valence electrons. The molecule has 1 saturated carbocycles. The summed E-state index contributed by atoms with van der Waals surface area (Å²) < 4.78 is 11.3. The highest BCUT2D eigenvalue weighted by molar-refractivity contribution is 7.53. The topological polar surface area (TPSA) is 136 Å². The molecule has 9 heteroatoms. The van der Waals surface area contributed by atoms with Crippen molar-refractivity contribution < 1.29 is 29.0 Å². The average molecular weight is 390 g/mol. The van der Waals surface area contributed by atoms with Crippen LogP contribution in [-0.4, -0.2) is 38.6 Å². The van der Waals surface area contributed by atoms with Crippen molar-refractivity contribution in [2.45, 2.75) is 65.1 Å². The fraction of sp³-hybridized carbons (Fsp3) is 0.765. The van der Waals surface area contributed by atoms with Gasteiger partial charge in [-0.15, -0.1) is 0 Å². The van der Waals surface area contributed by atoms with Crippen molar-refractivity contribution >= 4 is 19.5 Å². The quantitative estimate of drug-likeness (QED) is 0.207. The minimum Gasteiger partial charge on any atom is -0.477 e. The highest BCUT2D eigenvalue weighted by atomic mass is 31.2. The van der Waals surface area contributed by atoms with E-state index in [2.05, 4.69) is 10.6 Å². The van der Waals surface area contributed by atoms with Gasteiger partial charge >= 0.3 is 13.6 Å². The lowest BCUT2D eigenvalue weighted by molar-refractivity contribution is -0.135. The van der Waals surface area contributed by atoms with Gasteiger partial charge in [-0.3, -0.25) is 9.36 Å². The molecule has 0 unspecified atom stereocenters. The zero-order valence-corrected chi connectivity index (χ0v) is 16.8. The number of hydrogen-bond acceptors (Lipinski definition) is 4. The van der Waals surface area contributed by atoms with Gasteiger partial charge in [0.15, 0.2) is 0 Å². The van der Waals surface area contributed by atoms with Crippen LogP contribution in [0, 0.1) is 11.3 Å². The molecule has 0 saturated heterocycles. The van der Waals surface area contributed by atoms with Gasteiger partial charge < -0.3 is 25.5 Å². The van der Waals surface area contributed by atoms with Crippen LogP contribution in [0.25, 0.3) is 0 Å². The normalized spacial score (nSPS) is 19.9. The summed E-state index contributed by atoms with van der Waals surface area (Å²) >= 11 is 0. The predicted molar refractivity (Wildman–Crippen MR) is 98.3 cm³/mol. The molecule has 5 N–H and O–H groups in total. The number of aliphatic carboxylic acids is 1. The summed E-state index contributed by atoms with van der Waals surface area (Å²) in [4.78, 5) is 41.6. The van der Waals surface area contributed by atoms with Crippen LogP contribution in [0.2, 0.25) is 0 Å². The molecule has 1 amide bonds. The Balaban J connectivity index is 2.31. The van der Waals surface area contributed by atoms with E-state index in [4.69, 9.17) is 0 Å². The highest BCUT2D eigenvalue weighted by Gasteiger charge is 2.50. The Bertz CT molecular complexity index is 608. The first-order chi connectivity index (χ1) is 11.8. The maximum atomic E-state index is 12.0. The van der Waals surface area contributed by atoms with Crippen molar-refractivity contribution in [1.82, 2.24) is 10.6 Å². The lowest BCUT2D eigenvalue weighted by atomic mass is 10.1. The Labute approximate surface area is 154 Å². The standard InChI is InChI=1S/C17H31N2O6P/c1-16(2)11-12(16)14(20)19-13(15(21)22)9-7-5-6-8-10-18-17(3,4)26(23,24)25/h9,12,18H,5-8,10-11H2,1-4H3,(H,19,20)(H,21,22)(H2,23,24,25)/b13-9-/t12-/m1/s1. The first-order valence-corrected chi connectivity index (χ1v) is 10.4. The van der Waals surface area contributed by atoms with E-state index in [0.29, 0.717) is 19.4 Å². The smallest absolute Gasteiger partial charge is 0.352 e. The van der Waals surface area contributed by atoms with Crippen molar-refractivity contribution in [1.29, 1.82) is 0 Å². The summed E-state index contributed by atoms with van der Waals surface area (Å²) in [5.41, 5.74) is -0.139. The molecular weight excluding hydrogens is 359 g/mol. The maximum Gasteiger partial charge on any atom is 0.352 e. The number of rotatable bonds is 11. The van der Waals surface area contributed by atoms with E-state index in [-0.39, 0.29) is 22.9 Å². The van der Waals surface area contributed by atoms with Crippen LogP contribution in [-0.2, 0) is 14.2 Å². The van der Waals surface area contributed by atoms with Gasteiger partial charge in [0, 0.05) is 5.92 Å². The number of allylic oxidation sites excluding steroid dienone is 1. The molecule has 1 aliphatic rings. The second-order valence-electron chi connectivity index (χ2n) is 8.04. The Morgan fingerprint density at radius 3 is 2.27 bits per heavy atom. The number of amides is 1. The van der Waals surface area contributed by atoms with E-state index in [1.807, 2.05) is 13.8 Å². The van der Waals surface area contributed by atoms with Crippen LogP contribution in [0.5, 0.6) is 0 Å². The van der Waals surface area contributed by atoms with Crippen LogP contribution in [0.1, 0.15) is 59.8 Å². The maximum absolute atomic E-state index is 12.0. The Kier molecular flexibility index (Phi) is 7.60. The molecule has 1 atom stereocenters. The number of hydrogen-bond donors (Lipinski definition) is 5. The van der Waals surface area contributed by atoms with Crippen molar-refractivity contribution in [3.63, 3.8) is 0 Å². The average Bonchev–Trinajstić information content (AvgIpc) is 3.12. The van der Waals surface area contributed by atoms with E-state index in [0.717, 1.165) is 19.3 Å². The minimum atomic E-state index is -4.21. The SMILES string of the molecule is CC1(C)C[C@@H]1C(=O)N/C(=C\CCCCCNC(C)(C)P(=O)(O)O)C(=O)O. The lowest BCUT2D eigenvalue weighted by Crippen LogP contribution is -2.39. The van der Waals surface area contributed by atoms with Crippen LogP contribution >= 0.6 is 7.60 Å². The summed E-state index contributed by atoms with van der Waals surface area (Å²) in [6, 6.07) is 0. The number of carbonyl (C=O) groups excluding carboxylic acids is 1. The van der Waals surface area contributed by atoms with Crippen molar-refractivity contribution in [3.8, 4) is 0 Å². The summed E-state index contributed by atoms with van der Waals surface area (Å²) in [7, 11) is -4.21. The molecular formula is C17H31N2O6P. The third kappa shape index (κ3) is 6.83. The molecule has 1 aliphatic carbocycles. The van der Waals surface area contributed by atoms with E-state index in [1.54, 1.807) is 0 Å². The Morgan fingerprint density at radius 1 is 1.23 bits per heavy atom. The van der Waals surface area contributed by atoms with Gasteiger partial charge in [0.05, 0.1) is 0 Å². The fourth-order valence-corrected chi connectivity index (χ4v) is 2.83. The summed E-state index contributed by atoms with van der Waals surface area (Å²) in [5, 5.41) is 13.3. The fourth-order valence-electron chi connectivity index (χ4n) is 2.52. The zero-order chi connectivity index (χ0) is 20.2. The van der Waals surface area contributed by atoms with Gasteiger partial charge in [-0.25, -0.2) is 4.79 Å². The van der Waals surface area contributed by atoms with Crippen molar-refractivity contribution in [3.05, 3.63) is 11.8 Å². The largest absolute Gasteiger partial charge is 0.477 e. The molecule has 0 spiro atoms. The molecule has 0 radical (unpaired) electrons. The zero-order valence-electron chi connectivity index (χ0n) is 15.9. The predicted octanol–water partition coefficient (Wildman–Crippen LogP) is 2.18. The van der Waals surface area contributed by atoms with Crippen molar-refractivity contribution in [2.75, 3.05) is 6.54 Å². The molecule has 0 aromatic carbocycles. The molecule has 8 nitrogen and oxygen atoms in total. The third-order valence-electron chi connectivity index (χ3n) is 4.83. The monoisotopic (exact) mass is 390 g/mol. The Hall–Kier alpha value is -1.21. The van der Waals surface area contributed by atoms with Crippen molar-refractivity contribution in [2.24, 2.45) is 11.3 Å². The van der Waals surface area contributed by atoms with Crippen LogP contribution in [0.4, 0.5) is 0 Å². The third-order valence-corrected chi connectivity index (χ3v) is 6.45. The van der Waals surface area contributed by atoms with Crippen LogP contribution < -0.4 is 10.6 Å². The molecule has 0 aromatic heterocycles. The van der Waals surface area contributed by atoms with Crippen LogP contribution in [0.15, 0.2) is 11.8 Å². The molecule has 1 rings (SSSR count). The van der Waals surface area contributed by atoms with Gasteiger partial charge in [0.2, 0.25) is 5.91 Å². The van der Waals surface area contributed by atoms with E-state index in [1.165, 1.54) is 19.9 Å². The molecule has 1 fully saturated rings. The first kappa shape index (κ1) is 22.8. The van der Waals surface area contributed by atoms with Gasteiger partial charge in [-0.1, -0.05) is 26.3 Å². The number of carboxylic acids is 1. The lowest BCUT2D eigenvalue weighted by Gasteiger charge is -2.27. The number of nitrogens with one attached hydrogen (secondary N) is 2. The van der Waals surface area contributed by atoms with Gasteiger partial charge in [0.25, 0.3) is 0 Å². The summed E-state index contributed by atoms with van der Waals surface area (Å²) in [6.45, 7) is 7.33. The molecule has 0 heterocycles. The molecule has 0 aromatic rings. The molecule has 0 aliphatic heterocycles. The Morgan fingerprint density at radius 2 is 1.81 bits per heavy atom. The first-order valence-electron chi connectivity index (χ1n) is 8.83. The molecule has 0 bridgehead atoms. The van der Waals surface area contributed by atoms with E-state index < -0.39 is 18.8 Å². The highest BCUT2D eigenvalue weighted by Crippen LogP contribution is 2.51. The minimum absolute atomic E-state index is 0.0540. The van der Waals surface area contributed by atoms with E-state index in [9.17, 15) is 29.0 Å². The molecule has 26 heavy (non-hydrogen) atoms.